The minimum atomic E-state index is -0.0838. The van der Waals surface area contributed by atoms with E-state index in [2.05, 4.69) is 27.3 Å². The normalized spacial score (nSPS) is 31.6. The summed E-state index contributed by atoms with van der Waals surface area (Å²) in [6, 6.07) is 0.622. The number of nitrogens with one attached hydrogen (secondary N) is 1. The van der Waals surface area contributed by atoms with Crippen molar-refractivity contribution >= 4 is 5.91 Å². The lowest BCUT2D eigenvalue weighted by Gasteiger charge is -2.33. The van der Waals surface area contributed by atoms with E-state index in [0.29, 0.717) is 11.9 Å². The molecule has 0 unspecified atom stereocenters. The van der Waals surface area contributed by atoms with E-state index in [1.807, 2.05) is 4.57 Å². The number of carbonyl (C=O) groups is 1. The molecule has 1 aromatic heterocycles. The number of hydrogen-bond donors (Lipinski definition) is 1. The predicted molar refractivity (Wildman–Crippen MR) is 79.6 cm³/mol. The summed E-state index contributed by atoms with van der Waals surface area (Å²) in [7, 11) is 0. The van der Waals surface area contributed by atoms with Gasteiger partial charge in [0.2, 0.25) is 5.82 Å². The Balaban J connectivity index is 1.41. The van der Waals surface area contributed by atoms with E-state index in [0.717, 1.165) is 57.7 Å². The fourth-order valence-corrected chi connectivity index (χ4v) is 3.87. The van der Waals surface area contributed by atoms with Crippen LogP contribution in [0.1, 0.15) is 42.6 Å². The highest BCUT2D eigenvalue weighted by Gasteiger charge is 2.37. The molecule has 0 radical (unpaired) electrons. The van der Waals surface area contributed by atoms with Crippen molar-refractivity contribution in [2.75, 3.05) is 19.7 Å². The topological polar surface area (TPSA) is 72.3 Å². The van der Waals surface area contributed by atoms with Crippen LogP contribution in [0.4, 0.5) is 0 Å². The molecule has 2 fully saturated rings. The van der Waals surface area contributed by atoms with Gasteiger partial charge in [-0.1, -0.05) is 0 Å². The van der Waals surface area contributed by atoms with E-state index in [1.165, 1.54) is 0 Å². The number of amides is 1. The number of aryl methyl sites for hydroxylation is 1. The summed E-state index contributed by atoms with van der Waals surface area (Å²) in [5.41, 5.74) is 0. The fraction of sp³-hybridized carbons (Fsp3) is 0.800. The lowest BCUT2D eigenvalue weighted by Crippen LogP contribution is -2.45. The van der Waals surface area contributed by atoms with Gasteiger partial charge in [0.05, 0.1) is 12.7 Å². The third-order valence-electron chi connectivity index (χ3n) is 4.99. The summed E-state index contributed by atoms with van der Waals surface area (Å²) in [4.78, 5) is 14.9. The molecule has 0 bridgehead atoms. The molecule has 120 valence electrons. The second-order valence-corrected chi connectivity index (χ2v) is 6.71. The number of nitrogens with zero attached hydrogens (tertiary/aromatic N) is 4. The molecular weight excluding hydrogens is 282 g/mol. The van der Waals surface area contributed by atoms with Gasteiger partial charge in [-0.3, -0.25) is 9.69 Å². The number of rotatable bonds is 2. The summed E-state index contributed by atoms with van der Waals surface area (Å²) in [6.45, 7) is 5.59. The van der Waals surface area contributed by atoms with E-state index < -0.39 is 0 Å². The van der Waals surface area contributed by atoms with Crippen LogP contribution in [0, 0.1) is 0 Å². The molecule has 4 heterocycles. The molecule has 22 heavy (non-hydrogen) atoms. The first-order chi connectivity index (χ1) is 10.7. The van der Waals surface area contributed by atoms with E-state index >= 15 is 0 Å². The van der Waals surface area contributed by atoms with Gasteiger partial charge in [0.1, 0.15) is 5.82 Å². The van der Waals surface area contributed by atoms with Gasteiger partial charge in [-0.2, -0.15) is 0 Å². The van der Waals surface area contributed by atoms with Crippen LogP contribution in [0.2, 0.25) is 0 Å². The number of ether oxygens (including phenoxy) is 1. The highest BCUT2D eigenvalue weighted by Crippen LogP contribution is 2.23. The predicted octanol–water partition coefficient (Wildman–Crippen LogP) is 0.206. The monoisotopic (exact) mass is 305 g/mol. The molecule has 0 aromatic carbocycles. The van der Waals surface area contributed by atoms with Gasteiger partial charge in [0, 0.05) is 38.1 Å². The average Bonchev–Trinajstić information content (AvgIpc) is 3.09. The summed E-state index contributed by atoms with van der Waals surface area (Å²) >= 11 is 0. The Labute approximate surface area is 130 Å². The minimum Gasteiger partial charge on any atom is -0.376 e. The van der Waals surface area contributed by atoms with Crippen LogP contribution < -0.4 is 5.32 Å². The van der Waals surface area contributed by atoms with Gasteiger partial charge in [0.25, 0.3) is 5.91 Å². The zero-order chi connectivity index (χ0) is 15.1. The number of fused-ring (bicyclic) bond motifs is 2. The Bertz CT molecular complexity index is 572. The molecule has 0 spiro atoms. The van der Waals surface area contributed by atoms with Crippen molar-refractivity contribution in [1.29, 1.82) is 0 Å². The second-order valence-electron chi connectivity index (χ2n) is 6.71. The maximum Gasteiger partial charge on any atom is 0.289 e. The van der Waals surface area contributed by atoms with Crippen LogP contribution in [0.5, 0.6) is 0 Å². The van der Waals surface area contributed by atoms with Gasteiger partial charge in [-0.15, -0.1) is 10.2 Å². The van der Waals surface area contributed by atoms with Crippen molar-refractivity contribution in [3.63, 3.8) is 0 Å². The third kappa shape index (κ3) is 2.52. The first kappa shape index (κ1) is 14.1. The summed E-state index contributed by atoms with van der Waals surface area (Å²) in [6.07, 6.45) is 4.40. The molecule has 0 aliphatic carbocycles. The lowest BCUT2D eigenvalue weighted by molar-refractivity contribution is -0.0390. The molecule has 7 heteroatoms. The fourth-order valence-electron chi connectivity index (χ4n) is 3.87. The van der Waals surface area contributed by atoms with Crippen LogP contribution in [-0.2, 0) is 17.7 Å². The molecule has 3 aliphatic rings. The number of morpholine rings is 1. The van der Waals surface area contributed by atoms with Crippen molar-refractivity contribution in [2.45, 2.75) is 57.3 Å². The lowest BCUT2D eigenvalue weighted by atomic mass is 10.1. The number of carbonyl (C=O) groups excluding carboxylic acids is 1. The highest BCUT2D eigenvalue weighted by atomic mass is 16.5. The molecule has 1 aromatic rings. The third-order valence-corrected chi connectivity index (χ3v) is 4.99. The van der Waals surface area contributed by atoms with Gasteiger partial charge >= 0.3 is 0 Å². The smallest absolute Gasteiger partial charge is 0.289 e. The molecule has 4 rings (SSSR count). The van der Waals surface area contributed by atoms with E-state index in [9.17, 15) is 4.79 Å². The quantitative estimate of drug-likeness (QED) is 0.845. The van der Waals surface area contributed by atoms with Gasteiger partial charge in [-0.25, -0.2) is 0 Å². The van der Waals surface area contributed by atoms with Crippen LogP contribution >= 0.6 is 0 Å². The molecule has 2 saturated heterocycles. The minimum absolute atomic E-state index is 0.0838. The summed E-state index contributed by atoms with van der Waals surface area (Å²) in [5.74, 6) is 1.34. The molecule has 1 amide bonds. The molecular formula is C15H23N5O2. The first-order valence-corrected chi connectivity index (χ1v) is 8.29. The molecule has 3 atom stereocenters. The van der Waals surface area contributed by atoms with Gasteiger partial charge in [-0.05, 0) is 26.2 Å². The zero-order valence-electron chi connectivity index (χ0n) is 13.0. The highest BCUT2D eigenvalue weighted by molar-refractivity contribution is 5.91. The van der Waals surface area contributed by atoms with Gasteiger partial charge < -0.3 is 14.6 Å². The number of aromatic nitrogens is 3. The Morgan fingerprint density at radius 2 is 2.23 bits per heavy atom. The average molecular weight is 305 g/mol. The van der Waals surface area contributed by atoms with E-state index in [1.54, 1.807) is 0 Å². The van der Waals surface area contributed by atoms with Crippen LogP contribution in [0.15, 0.2) is 0 Å². The Hall–Kier alpha value is -1.47. The van der Waals surface area contributed by atoms with Crippen LogP contribution in [0.3, 0.4) is 0 Å². The summed E-state index contributed by atoms with van der Waals surface area (Å²) < 4.78 is 7.69. The summed E-state index contributed by atoms with van der Waals surface area (Å²) in [5, 5.41) is 11.4. The zero-order valence-corrected chi connectivity index (χ0v) is 13.0. The Kier molecular flexibility index (Phi) is 3.62. The maximum atomic E-state index is 12.5. The van der Waals surface area contributed by atoms with Crippen LogP contribution in [0.25, 0.3) is 0 Å². The maximum absolute atomic E-state index is 12.5. The van der Waals surface area contributed by atoms with Crippen molar-refractivity contribution in [3.8, 4) is 0 Å². The molecule has 0 saturated carbocycles. The molecule has 7 nitrogen and oxygen atoms in total. The molecule has 3 aliphatic heterocycles. The molecule has 1 N–H and O–H groups in total. The van der Waals surface area contributed by atoms with E-state index in [-0.39, 0.29) is 18.1 Å². The SMILES string of the molecule is C[C@@H]1CN2C[C@H](NC(=O)c3nnc4n3CCCC4)C[C@H]2CO1. The van der Waals surface area contributed by atoms with Crippen molar-refractivity contribution in [1.82, 2.24) is 25.0 Å². The largest absolute Gasteiger partial charge is 0.376 e. The van der Waals surface area contributed by atoms with Gasteiger partial charge in [0.15, 0.2) is 0 Å². The van der Waals surface area contributed by atoms with Crippen molar-refractivity contribution < 1.29 is 9.53 Å². The van der Waals surface area contributed by atoms with Crippen molar-refractivity contribution in [3.05, 3.63) is 11.6 Å². The Morgan fingerprint density at radius 1 is 1.32 bits per heavy atom. The first-order valence-electron chi connectivity index (χ1n) is 8.29. The standard InChI is InChI=1S/C15H23N5O2/c1-10-7-19-8-11(6-12(19)9-22-10)16-15(21)14-18-17-13-4-2-3-5-20(13)14/h10-12H,2-9H2,1H3,(H,16,21)/t10-,11-,12+/m1/s1. The number of hydrogen-bond acceptors (Lipinski definition) is 5. The second kappa shape index (κ2) is 5.62. The Morgan fingerprint density at radius 3 is 3.14 bits per heavy atom. The van der Waals surface area contributed by atoms with Crippen molar-refractivity contribution in [2.24, 2.45) is 0 Å². The van der Waals surface area contributed by atoms with E-state index in [4.69, 9.17) is 4.74 Å². The van der Waals surface area contributed by atoms with Crippen LogP contribution in [-0.4, -0.2) is 63.5 Å².